The highest BCUT2D eigenvalue weighted by atomic mass is 32.2. The van der Waals surface area contributed by atoms with Gasteiger partial charge < -0.3 is 4.55 Å². The Morgan fingerprint density at radius 1 is 1.00 bits per heavy atom. The van der Waals surface area contributed by atoms with Crippen LogP contribution in [-0.4, -0.2) is 28.1 Å². The maximum atomic E-state index is 10.3. The number of tetrazole rings is 1. The minimum Gasteiger partial charge on any atom is -0.744 e. The Kier molecular flexibility index (Phi) is 5.20. The van der Waals surface area contributed by atoms with Gasteiger partial charge in [-0.1, -0.05) is 41.1 Å². The average Bonchev–Trinajstić information content (AvgIpc) is 2.89. The summed E-state index contributed by atoms with van der Waals surface area (Å²) in [5.74, 6) is 1.01. The van der Waals surface area contributed by atoms with E-state index >= 15 is 0 Å². The maximum absolute atomic E-state index is 10.3. The summed E-state index contributed by atoms with van der Waals surface area (Å²) in [5, 5.41) is 7.94. The van der Waals surface area contributed by atoms with Gasteiger partial charge in [-0.05, 0) is 24.3 Å². The van der Waals surface area contributed by atoms with Crippen molar-refractivity contribution in [1.29, 1.82) is 0 Å². The average molecular weight is 332 g/mol. The lowest BCUT2D eigenvalue weighted by molar-refractivity contribution is -0.737. The summed E-state index contributed by atoms with van der Waals surface area (Å²) >= 11 is 0. The summed E-state index contributed by atoms with van der Waals surface area (Å²) in [5.41, 5.74) is 1.04. The SMILES string of the molecule is Cc1n(-c2ccccc2)nn[n+]1C.O=S(=O)([O-])c1ccccc1. The standard InChI is InChI=1S/C9H11N4.C6H6O3S/c1-8-12(2)10-11-13(8)9-6-4-3-5-7-9;7-10(8,9)6-4-2-1-3-5-6/h3-7H,1-2H3;1-5H,(H,7,8,9)/q+1;/p-1. The quantitative estimate of drug-likeness (QED) is 0.515. The van der Waals surface area contributed by atoms with E-state index in [9.17, 15) is 13.0 Å². The number of nitrogens with zero attached hydrogens (tertiary/aromatic N) is 4. The van der Waals surface area contributed by atoms with Crippen LogP contribution in [0.3, 0.4) is 0 Å². The summed E-state index contributed by atoms with van der Waals surface area (Å²) in [4.78, 5) is -0.185. The van der Waals surface area contributed by atoms with Gasteiger partial charge >= 0.3 is 0 Å². The molecule has 2 aromatic carbocycles. The zero-order valence-corrected chi connectivity index (χ0v) is 13.5. The van der Waals surface area contributed by atoms with E-state index in [1.165, 1.54) is 24.3 Å². The minimum atomic E-state index is -4.25. The second-order valence-electron chi connectivity index (χ2n) is 4.66. The van der Waals surface area contributed by atoms with Crippen LogP contribution < -0.4 is 4.68 Å². The lowest BCUT2D eigenvalue weighted by Crippen LogP contribution is -2.33. The predicted molar refractivity (Wildman–Crippen MR) is 81.7 cm³/mol. The molecule has 0 aliphatic heterocycles. The summed E-state index contributed by atoms with van der Waals surface area (Å²) in [6.07, 6.45) is 0. The monoisotopic (exact) mass is 332 g/mol. The van der Waals surface area contributed by atoms with E-state index in [2.05, 4.69) is 10.4 Å². The number of benzene rings is 2. The zero-order chi connectivity index (χ0) is 16.9. The molecule has 0 saturated heterocycles. The molecule has 0 aliphatic rings. The molecule has 0 unspecified atom stereocenters. The summed E-state index contributed by atoms with van der Waals surface area (Å²) in [6, 6.07) is 17.1. The van der Waals surface area contributed by atoms with Crippen LogP contribution in [-0.2, 0) is 17.2 Å². The molecule has 8 heteroatoms. The second-order valence-corrected chi connectivity index (χ2v) is 6.04. The van der Waals surface area contributed by atoms with Crippen LogP contribution in [0.2, 0.25) is 0 Å². The maximum Gasteiger partial charge on any atom is 0.259 e. The Hall–Kier alpha value is -2.58. The molecule has 0 aliphatic carbocycles. The molecule has 1 heterocycles. The van der Waals surface area contributed by atoms with Crippen molar-refractivity contribution in [3.05, 3.63) is 66.5 Å². The van der Waals surface area contributed by atoms with E-state index in [4.69, 9.17) is 0 Å². The third-order valence-electron chi connectivity index (χ3n) is 3.07. The van der Waals surface area contributed by atoms with Gasteiger partial charge in [0.05, 0.1) is 11.9 Å². The molecule has 120 valence electrons. The molecule has 7 nitrogen and oxygen atoms in total. The molecule has 0 amide bonds. The number of aryl methyl sites for hydroxylation is 1. The van der Waals surface area contributed by atoms with E-state index in [1.54, 1.807) is 15.4 Å². The Bertz CT molecular complexity index is 862. The highest BCUT2D eigenvalue weighted by Crippen LogP contribution is 2.05. The van der Waals surface area contributed by atoms with Gasteiger partial charge in [-0.15, -0.1) is 4.68 Å². The Morgan fingerprint density at radius 2 is 1.52 bits per heavy atom. The number of hydrogen-bond donors (Lipinski definition) is 0. The van der Waals surface area contributed by atoms with Crippen molar-refractivity contribution in [2.45, 2.75) is 11.8 Å². The fourth-order valence-corrected chi connectivity index (χ4v) is 2.25. The predicted octanol–water partition coefficient (Wildman–Crippen LogP) is 0.991. The third-order valence-corrected chi connectivity index (χ3v) is 3.92. The van der Waals surface area contributed by atoms with Gasteiger partial charge in [0, 0.05) is 6.92 Å². The summed E-state index contributed by atoms with van der Waals surface area (Å²) in [7, 11) is -2.38. The zero-order valence-electron chi connectivity index (χ0n) is 12.7. The molecule has 3 rings (SSSR count). The normalized spacial score (nSPS) is 10.7. The Balaban J connectivity index is 0.000000174. The van der Waals surface area contributed by atoms with Crippen molar-refractivity contribution < 1.29 is 17.7 Å². The molecule has 0 atom stereocenters. The van der Waals surface area contributed by atoms with Crippen LogP contribution >= 0.6 is 0 Å². The van der Waals surface area contributed by atoms with E-state index in [-0.39, 0.29) is 4.90 Å². The lowest BCUT2D eigenvalue weighted by Gasteiger charge is -2.04. The summed E-state index contributed by atoms with van der Waals surface area (Å²) < 4.78 is 34.4. The molecule has 0 N–H and O–H groups in total. The number of rotatable bonds is 2. The first-order valence-corrected chi connectivity index (χ1v) is 8.15. The van der Waals surface area contributed by atoms with Gasteiger partial charge in [0.15, 0.2) is 5.21 Å². The van der Waals surface area contributed by atoms with Gasteiger partial charge in [0.25, 0.3) is 5.82 Å². The minimum absolute atomic E-state index is 0.185. The van der Waals surface area contributed by atoms with Crippen molar-refractivity contribution in [1.82, 2.24) is 15.1 Å². The first-order valence-electron chi connectivity index (χ1n) is 6.74. The highest BCUT2D eigenvalue weighted by molar-refractivity contribution is 7.85. The van der Waals surface area contributed by atoms with Crippen molar-refractivity contribution in [3.8, 4) is 5.69 Å². The highest BCUT2D eigenvalue weighted by Gasteiger charge is 2.13. The molecular weight excluding hydrogens is 316 g/mol. The molecular formula is C15H16N4O3S. The number of aromatic nitrogens is 4. The Labute approximate surface area is 134 Å². The number of para-hydroxylation sites is 1. The van der Waals surface area contributed by atoms with E-state index in [0.717, 1.165) is 11.5 Å². The van der Waals surface area contributed by atoms with Crippen LogP contribution in [0.15, 0.2) is 65.6 Å². The van der Waals surface area contributed by atoms with Crippen molar-refractivity contribution in [2.24, 2.45) is 7.05 Å². The molecule has 0 bridgehead atoms. The van der Waals surface area contributed by atoms with Crippen molar-refractivity contribution in [2.75, 3.05) is 0 Å². The van der Waals surface area contributed by atoms with Crippen LogP contribution in [0.25, 0.3) is 5.69 Å². The number of hydrogen-bond acceptors (Lipinski definition) is 5. The lowest BCUT2D eigenvalue weighted by atomic mass is 10.3. The van der Waals surface area contributed by atoms with Crippen LogP contribution in [0.5, 0.6) is 0 Å². The molecule has 1 aromatic heterocycles. The fraction of sp³-hybridized carbons (Fsp3) is 0.133. The third kappa shape index (κ3) is 4.44. The molecule has 0 spiro atoms. The topological polar surface area (TPSA) is 91.8 Å². The first kappa shape index (κ1) is 16.8. The molecule has 23 heavy (non-hydrogen) atoms. The van der Waals surface area contributed by atoms with Crippen molar-refractivity contribution in [3.63, 3.8) is 0 Å². The fourth-order valence-electron chi connectivity index (χ4n) is 1.76. The van der Waals surface area contributed by atoms with Crippen molar-refractivity contribution >= 4 is 10.1 Å². The smallest absolute Gasteiger partial charge is 0.259 e. The molecule has 0 fully saturated rings. The largest absolute Gasteiger partial charge is 0.744 e. The van der Waals surface area contributed by atoms with Gasteiger partial charge in [-0.3, -0.25) is 0 Å². The van der Waals surface area contributed by atoms with Crippen LogP contribution in [0, 0.1) is 6.92 Å². The first-order chi connectivity index (χ1) is 10.9. The van der Waals surface area contributed by atoms with Gasteiger partial charge in [0.2, 0.25) is 0 Å². The van der Waals surface area contributed by atoms with E-state index in [0.29, 0.717) is 0 Å². The van der Waals surface area contributed by atoms with E-state index in [1.807, 2.05) is 44.3 Å². The van der Waals surface area contributed by atoms with Gasteiger partial charge in [-0.2, -0.15) is 0 Å². The molecule has 0 saturated carbocycles. The summed E-state index contributed by atoms with van der Waals surface area (Å²) in [6.45, 7) is 1.98. The van der Waals surface area contributed by atoms with Gasteiger partial charge in [0.1, 0.15) is 21.0 Å². The van der Waals surface area contributed by atoms with Crippen LogP contribution in [0.1, 0.15) is 5.82 Å². The van der Waals surface area contributed by atoms with E-state index < -0.39 is 10.1 Å². The molecule has 0 radical (unpaired) electrons. The Morgan fingerprint density at radius 3 is 1.91 bits per heavy atom. The van der Waals surface area contributed by atoms with Gasteiger partial charge in [-0.25, -0.2) is 8.42 Å². The second kappa shape index (κ2) is 7.12. The molecule has 3 aromatic rings. The van der Waals surface area contributed by atoms with Crippen LogP contribution in [0.4, 0.5) is 0 Å².